The molecule has 0 aromatic heterocycles. The van der Waals surface area contributed by atoms with Gasteiger partial charge < -0.3 is 25.9 Å². The van der Waals surface area contributed by atoms with E-state index in [2.05, 4.69) is 4.90 Å². The molecule has 4 aliphatic rings. The number of hydrazine groups is 1. The number of amides is 1. The number of phenols is 1. The molecule has 2 heterocycles. The molecule has 0 spiro atoms. The van der Waals surface area contributed by atoms with Crippen LogP contribution in [0.1, 0.15) is 57.1 Å². The average Bonchev–Trinajstić information content (AvgIpc) is 3.62. The number of likely N-dealkylation sites (tertiary alicyclic amines) is 2. The van der Waals surface area contributed by atoms with E-state index >= 15 is 0 Å². The molecular formula is C27H41N5O3. The Morgan fingerprint density at radius 3 is 2.66 bits per heavy atom. The number of allylic oxidation sites excluding steroid dienone is 1. The minimum absolute atomic E-state index is 0.0312. The van der Waals surface area contributed by atoms with Gasteiger partial charge in [0.25, 0.3) is 0 Å². The fourth-order valence-corrected chi connectivity index (χ4v) is 6.76. The number of carbonyl (C=O) groups is 1. The summed E-state index contributed by atoms with van der Waals surface area (Å²) in [7, 11) is 0. The summed E-state index contributed by atoms with van der Waals surface area (Å²) in [5.41, 5.74) is 7.54. The van der Waals surface area contributed by atoms with Crippen LogP contribution in [0.3, 0.4) is 0 Å². The maximum absolute atomic E-state index is 13.2. The van der Waals surface area contributed by atoms with Gasteiger partial charge in [-0.05, 0) is 80.2 Å². The van der Waals surface area contributed by atoms with Crippen molar-refractivity contribution in [3.05, 3.63) is 41.2 Å². The highest BCUT2D eigenvalue weighted by molar-refractivity contribution is 5.78. The van der Waals surface area contributed by atoms with Crippen molar-refractivity contribution in [3.63, 3.8) is 0 Å². The lowest BCUT2D eigenvalue weighted by Gasteiger charge is -2.61. The zero-order valence-corrected chi connectivity index (χ0v) is 21.1. The van der Waals surface area contributed by atoms with E-state index in [-0.39, 0.29) is 30.2 Å². The Balaban J connectivity index is 1.42. The number of piperidine rings is 1. The summed E-state index contributed by atoms with van der Waals surface area (Å²) >= 11 is 0. The van der Waals surface area contributed by atoms with Gasteiger partial charge in [-0.15, -0.1) is 0 Å². The fraction of sp³-hybridized carbons (Fsp3) is 0.667. The highest BCUT2D eigenvalue weighted by Gasteiger charge is 2.63. The molecule has 8 heteroatoms. The number of nitrogens with two attached hydrogens (primary N) is 2. The number of rotatable bonds is 6. The third kappa shape index (κ3) is 4.30. The molecule has 1 aromatic rings. The molecule has 1 saturated carbocycles. The second-order valence-corrected chi connectivity index (χ2v) is 11.6. The Labute approximate surface area is 208 Å². The van der Waals surface area contributed by atoms with Crippen LogP contribution >= 0.6 is 0 Å². The van der Waals surface area contributed by atoms with E-state index in [9.17, 15) is 15.0 Å². The molecule has 5 rings (SSSR count). The maximum atomic E-state index is 13.2. The lowest BCUT2D eigenvalue weighted by atomic mass is 9.52. The van der Waals surface area contributed by atoms with Crippen molar-refractivity contribution in [3.8, 4) is 5.75 Å². The first-order valence-corrected chi connectivity index (χ1v) is 13.2. The summed E-state index contributed by atoms with van der Waals surface area (Å²) in [5, 5.41) is 24.3. The second-order valence-electron chi connectivity index (χ2n) is 11.6. The Hall–Kier alpha value is -2.29. The molecule has 192 valence electrons. The van der Waals surface area contributed by atoms with Gasteiger partial charge in [-0.25, -0.2) is 5.84 Å². The lowest BCUT2D eigenvalue weighted by molar-refractivity contribution is -0.149. The zero-order chi connectivity index (χ0) is 25.0. The van der Waals surface area contributed by atoms with E-state index in [1.165, 1.54) is 23.4 Å². The highest BCUT2D eigenvalue weighted by Crippen LogP contribution is 2.56. The van der Waals surface area contributed by atoms with Gasteiger partial charge in [0.2, 0.25) is 5.91 Å². The lowest BCUT2D eigenvalue weighted by Crippen LogP contribution is -2.71. The summed E-state index contributed by atoms with van der Waals surface area (Å²) in [6, 6.07) is 5.69. The summed E-state index contributed by atoms with van der Waals surface area (Å²) in [6.45, 7) is 7.07. The number of carbonyl (C=O) groups excluding carboxylic acids is 1. The third-order valence-corrected chi connectivity index (χ3v) is 9.08. The van der Waals surface area contributed by atoms with Crippen LogP contribution in [0.2, 0.25) is 0 Å². The van der Waals surface area contributed by atoms with Crippen LogP contribution in [0.4, 0.5) is 0 Å². The molecule has 2 aliphatic heterocycles. The van der Waals surface area contributed by atoms with Gasteiger partial charge in [0.15, 0.2) is 0 Å². The zero-order valence-electron chi connectivity index (χ0n) is 21.1. The molecule has 3 atom stereocenters. The Bertz CT molecular complexity index is 1010. The summed E-state index contributed by atoms with van der Waals surface area (Å²) < 4.78 is 0. The number of aromatic hydroxyl groups is 1. The molecule has 2 bridgehead atoms. The number of nitrogens with zero attached hydrogens (tertiary/aromatic N) is 3. The standard InChI is InChI=1S/C27H41N5O3/c1-18(2)23(28)16-32(29)17-25(34)30-10-7-26-8-11-31(15-19-3-4-19)24(27(26,35)9-12-30)13-20-5-6-21(33)14-22(20)26/h5-6,14,16,18-19,24,33,35H,3-4,7-13,15,17,28-29H2,1-2H3/b23-16-. The average molecular weight is 484 g/mol. The van der Waals surface area contributed by atoms with Crippen LogP contribution in [-0.4, -0.2) is 75.3 Å². The van der Waals surface area contributed by atoms with E-state index in [0.717, 1.165) is 37.4 Å². The molecule has 1 aromatic carbocycles. The number of aliphatic hydroxyl groups is 1. The first kappa shape index (κ1) is 24.4. The number of hydrogen-bond donors (Lipinski definition) is 4. The summed E-state index contributed by atoms with van der Waals surface area (Å²) in [4.78, 5) is 17.6. The first-order valence-electron chi connectivity index (χ1n) is 13.2. The van der Waals surface area contributed by atoms with Gasteiger partial charge in [0, 0.05) is 43.0 Å². The van der Waals surface area contributed by atoms with Crippen LogP contribution in [0.5, 0.6) is 5.75 Å². The topological polar surface area (TPSA) is 119 Å². The Morgan fingerprint density at radius 1 is 1.23 bits per heavy atom. The van der Waals surface area contributed by atoms with E-state index in [4.69, 9.17) is 11.6 Å². The van der Waals surface area contributed by atoms with Gasteiger partial charge in [-0.2, -0.15) is 0 Å². The normalized spacial score (nSPS) is 31.1. The minimum atomic E-state index is -0.944. The van der Waals surface area contributed by atoms with Crippen molar-refractivity contribution in [2.75, 3.05) is 32.7 Å². The van der Waals surface area contributed by atoms with Crippen molar-refractivity contribution in [2.45, 2.75) is 69.4 Å². The molecule has 3 fully saturated rings. The summed E-state index contributed by atoms with van der Waals surface area (Å²) in [6.07, 6.45) is 7.01. The van der Waals surface area contributed by atoms with Crippen LogP contribution < -0.4 is 11.6 Å². The van der Waals surface area contributed by atoms with Crippen LogP contribution in [-0.2, 0) is 16.6 Å². The molecule has 2 aliphatic carbocycles. The molecule has 8 nitrogen and oxygen atoms in total. The monoisotopic (exact) mass is 483 g/mol. The van der Waals surface area contributed by atoms with E-state index in [1.807, 2.05) is 30.9 Å². The molecular weight excluding hydrogens is 442 g/mol. The predicted octanol–water partition coefficient (Wildman–Crippen LogP) is 1.66. The molecule has 6 N–H and O–H groups in total. The number of phenolic OH excluding ortho intramolecular Hbond substituents is 1. The second kappa shape index (κ2) is 8.98. The predicted molar refractivity (Wildman–Crippen MR) is 135 cm³/mol. The van der Waals surface area contributed by atoms with E-state index < -0.39 is 11.0 Å². The molecule has 1 amide bonds. The van der Waals surface area contributed by atoms with Gasteiger partial charge in [-0.3, -0.25) is 9.69 Å². The molecule has 3 unspecified atom stereocenters. The van der Waals surface area contributed by atoms with Crippen LogP contribution in [0.15, 0.2) is 30.1 Å². The van der Waals surface area contributed by atoms with Crippen molar-refractivity contribution in [1.82, 2.24) is 14.8 Å². The van der Waals surface area contributed by atoms with Crippen molar-refractivity contribution in [1.29, 1.82) is 0 Å². The summed E-state index contributed by atoms with van der Waals surface area (Å²) in [5.74, 6) is 7.17. The number of fused-ring (bicyclic) bond motifs is 1. The first-order chi connectivity index (χ1) is 16.6. The molecule has 0 radical (unpaired) electrons. The SMILES string of the molecule is CC(C)/C(N)=C/N(N)CC(=O)N1CCC23CCN(CC4CC4)C(Cc4ccc(O)cc42)C3(O)CC1. The molecule has 2 saturated heterocycles. The maximum Gasteiger partial charge on any atom is 0.243 e. The third-order valence-electron chi connectivity index (χ3n) is 9.08. The van der Waals surface area contributed by atoms with Gasteiger partial charge in [0.05, 0.1) is 5.60 Å². The van der Waals surface area contributed by atoms with Crippen molar-refractivity contribution in [2.24, 2.45) is 23.4 Å². The minimum Gasteiger partial charge on any atom is -0.508 e. The van der Waals surface area contributed by atoms with Crippen molar-refractivity contribution >= 4 is 5.91 Å². The van der Waals surface area contributed by atoms with Gasteiger partial charge in [0.1, 0.15) is 12.3 Å². The number of hydrogen-bond acceptors (Lipinski definition) is 7. The van der Waals surface area contributed by atoms with Gasteiger partial charge in [-0.1, -0.05) is 19.9 Å². The van der Waals surface area contributed by atoms with Crippen molar-refractivity contribution < 1.29 is 15.0 Å². The van der Waals surface area contributed by atoms with Crippen LogP contribution in [0.25, 0.3) is 0 Å². The smallest absolute Gasteiger partial charge is 0.243 e. The molecule has 35 heavy (non-hydrogen) atoms. The Kier molecular flexibility index (Phi) is 6.26. The Morgan fingerprint density at radius 2 is 1.94 bits per heavy atom. The van der Waals surface area contributed by atoms with E-state index in [1.54, 1.807) is 12.3 Å². The van der Waals surface area contributed by atoms with Crippen LogP contribution in [0, 0.1) is 11.8 Å². The van der Waals surface area contributed by atoms with Gasteiger partial charge >= 0.3 is 0 Å². The number of benzene rings is 1. The fourth-order valence-electron chi connectivity index (χ4n) is 6.76. The van der Waals surface area contributed by atoms with E-state index in [0.29, 0.717) is 31.6 Å². The highest BCUT2D eigenvalue weighted by atomic mass is 16.3. The largest absolute Gasteiger partial charge is 0.508 e. The quantitative estimate of drug-likeness (QED) is 0.359.